The van der Waals surface area contributed by atoms with Crippen LogP contribution in [0.1, 0.15) is 36.3 Å². The van der Waals surface area contributed by atoms with Crippen molar-refractivity contribution in [3.05, 3.63) is 53.9 Å². The number of alkyl halides is 3. The Bertz CT molecular complexity index is 1130. The molecule has 0 aliphatic heterocycles. The maximum Gasteiger partial charge on any atom is 0.434 e. The molecule has 12 heteroatoms. The van der Waals surface area contributed by atoms with Crippen molar-refractivity contribution in [1.29, 1.82) is 0 Å². The Hall–Kier alpha value is -3.96. The highest BCUT2D eigenvalue weighted by molar-refractivity contribution is 6.05. The van der Waals surface area contributed by atoms with E-state index in [-0.39, 0.29) is 29.2 Å². The van der Waals surface area contributed by atoms with E-state index in [1.165, 1.54) is 43.5 Å². The lowest BCUT2D eigenvalue weighted by Gasteiger charge is -2.12. The highest BCUT2D eigenvalue weighted by Gasteiger charge is 2.41. The highest BCUT2D eigenvalue weighted by atomic mass is 19.4. The molecule has 3 rings (SSSR count). The van der Waals surface area contributed by atoms with Gasteiger partial charge in [0.2, 0.25) is 11.8 Å². The fourth-order valence-electron chi connectivity index (χ4n) is 2.91. The smallest absolute Gasteiger partial charge is 0.434 e. The second-order valence-electron chi connectivity index (χ2n) is 7.43. The molecule has 2 aromatic heterocycles. The standard InChI is InChI=1S/C21H21F3N6O3/c1-12(2)10-17(31)26-13-4-6-14(7-5-13)27-20(32)15-11-25-30(19(15)21(22,23)24)16-8-9-18(33-3)29-28-16/h4-9,11-12H,10H2,1-3H3,(H,26,31)(H,27,32). The number of anilines is 2. The zero-order chi connectivity index (χ0) is 24.2. The van der Waals surface area contributed by atoms with Gasteiger partial charge in [0.15, 0.2) is 11.5 Å². The molecule has 0 aliphatic rings. The lowest BCUT2D eigenvalue weighted by molar-refractivity contribution is -0.143. The number of hydrogen-bond donors (Lipinski definition) is 2. The Balaban J connectivity index is 1.81. The van der Waals surface area contributed by atoms with Crippen LogP contribution in [0.4, 0.5) is 24.5 Å². The summed E-state index contributed by atoms with van der Waals surface area (Å²) in [6.45, 7) is 3.83. The van der Waals surface area contributed by atoms with Gasteiger partial charge in [-0.3, -0.25) is 9.59 Å². The van der Waals surface area contributed by atoms with Crippen LogP contribution in [0, 0.1) is 5.92 Å². The molecule has 0 atom stereocenters. The number of hydrogen-bond acceptors (Lipinski definition) is 6. The fourth-order valence-corrected chi connectivity index (χ4v) is 2.91. The van der Waals surface area contributed by atoms with E-state index in [0.29, 0.717) is 16.8 Å². The minimum Gasteiger partial charge on any atom is -0.480 e. The van der Waals surface area contributed by atoms with Crippen LogP contribution >= 0.6 is 0 Å². The first kappa shape index (κ1) is 23.7. The van der Waals surface area contributed by atoms with Crippen LogP contribution in [0.3, 0.4) is 0 Å². The quantitative estimate of drug-likeness (QED) is 0.551. The summed E-state index contributed by atoms with van der Waals surface area (Å²) < 4.78 is 46.7. The lowest BCUT2D eigenvalue weighted by Crippen LogP contribution is -2.21. The predicted molar refractivity (Wildman–Crippen MR) is 113 cm³/mol. The van der Waals surface area contributed by atoms with Crippen LogP contribution in [-0.2, 0) is 11.0 Å². The van der Waals surface area contributed by atoms with Gasteiger partial charge in [-0.1, -0.05) is 13.8 Å². The van der Waals surface area contributed by atoms with Crippen molar-refractivity contribution in [2.24, 2.45) is 5.92 Å². The topological polar surface area (TPSA) is 111 Å². The first-order valence-corrected chi connectivity index (χ1v) is 9.83. The summed E-state index contributed by atoms with van der Waals surface area (Å²) in [6.07, 6.45) is -3.73. The SMILES string of the molecule is COc1ccc(-n2ncc(C(=O)Nc3ccc(NC(=O)CC(C)C)cc3)c2C(F)(F)F)nn1. The Morgan fingerprint density at radius 2 is 1.67 bits per heavy atom. The third-order valence-corrected chi connectivity index (χ3v) is 4.35. The van der Waals surface area contributed by atoms with Gasteiger partial charge in [0, 0.05) is 23.9 Å². The second kappa shape index (κ2) is 9.67. The molecule has 2 amide bonds. The number of nitrogens with zero attached hydrogens (tertiary/aromatic N) is 4. The van der Waals surface area contributed by atoms with E-state index >= 15 is 0 Å². The van der Waals surface area contributed by atoms with Crippen molar-refractivity contribution in [2.45, 2.75) is 26.4 Å². The van der Waals surface area contributed by atoms with E-state index < -0.39 is 23.3 Å². The second-order valence-corrected chi connectivity index (χ2v) is 7.43. The Kier molecular flexibility index (Phi) is 6.95. The van der Waals surface area contributed by atoms with Gasteiger partial charge >= 0.3 is 6.18 Å². The Labute approximate surface area is 187 Å². The largest absolute Gasteiger partial charge is 0.480 e. The summed E-state index contributed by atoms with van der Waals surface area (Å²) in [4.78, 5) is 24.5. The van der Waals surface area contributed by atoms with E-state index in [4.69, 9.17) is 4.74 Å². The van der Waals surface area contributed by atoms with Crippen LogP contribution in [0.5, 0.6) is 5.88 Å². The zero-order valence-electron chi connectivity index (χ0n) is 18.0. The number of benzene rings is 1. The Morgan fingerprint density at radius 1 is 1.03 bits per heavy atom. The van der Waals surface area contributed by atoms with E-state index in [9.17, 15) is 22.8 Å². The summed E-state index contributed by atoms with van der Waals surface area (Å²) in [5, 5.41) is 16.1. The van der Waals surface area contributed by atoms with Crippen molar-refractivity contribution in [1.82, 2.24) is 20.0 Å². The molecular weight excluding hydrogens is 441 g/mol. The van der Waals surface area contributed by atoms with Crippen molar-refractivity contribution < 1.29 is 27.5 Å². The number of amides is 2. The zero-order valence-corrected chi connectivity index (χ0v) is 18.0. The summed E-state index contributed by atoms with van der Waals surface area (Å²) in [5.74, 6) is -1.10. The van der Waals surface area contributed by atoms with E-state index in [1.54, 1.807) is 0 Å². The number of carbonyl (C=O) groups is 2. The average molecular weight is 462 g/mol. The maximum absolute atomic E-state index is 13.8. The first-order chi connectivity index (χ1) is 15.6. The van der Waals surface area contributed by atoms with Crippen molar-refractivity contribution >= 4 is 23.2 Å². The van der Waals surface area contributed by atoms with E-state index in [2.05, 4.69) is 25.9 Å². The number of methoxy groups -OCH3 is 1. The van der Waals surface area contributed by atoms with E-state index in [0.717, 1.165) is 6.20 Å². The molecule has 0 saturated carbocycles. The third kappa shape index (κ3) is 5.84. The minimum atomic E-state index is -4.89. The third-order valence-electron chi connectivity index (χ3n) is 4.35. The molecule has 0 unspecified atom stereocenters. The average Bonchev–Trinajstić information content (AvgIpc) is 3.20. The van der Waals surface area contributed by atoms with Gasteiger partial charge in [-0.25, -0.2) is 4.68 Å². The molecule has 0 radical (unpaired) electrons. The molecule has 0 spiro atoms. The molecule has 0 aliphatic carbocycles. The molecule has 0 fully saturated rings. The summed E-state index contributed by atoms with van der Waals surface area (Å²) in [7, 11) is 1.34. The predicted octanol–water partition coefficient (Wildman–Crippen LogP) is 3.93. The van der Waals surface area contributed by atoms with Crippen LogP contribution in [-0.4, -0.2) is 38.9 Å². The normalized spacial score (nSPS) is 11.4. The molecular formula is C21H21F3N6O3. The van der Waals surface area contributed by atoms with Gasteiger partial charge in [-0.2, -0.15) is 18.3 Å². The molecule has 3 aromatic rings. The van der Waals surface area contributed by atoms with Crippen molar-refractivity contribution in [3.8, 4) is 11.7 Å². The van der Waals surface area contributed by atoms with Gasteiger partial charge in [-0.15, -0.1) is 10.2 Å². The molecule has 0 saturated heterocycles. The van der Waals surface area contributed by atoms with Gasteiger partial charge < -0.3 is 15.4 Å². The number of ether oxygens (including phenoxy) is 1. The van der Waals surface area contributed by atoms with Crippen LogP contribution in [0.25, 0.3) is 5.82 Å². The number of aromatic nitrogens is 4. The molecule has 2 N–H and O–H groups in total. The summed E-state index contributed by atoms with van der Waals surface area (Å²) >= 11 is 0. The number of halogens is 3. The molecule has 0 bridgehead atoms. The van der Waals surface area contributed by atoms with Gasteiger partial charge in [0.1, 0.15) is 0 Å². The lowest BCUT2D eigenvalue weighted by atomic mass is 10.1. The molecule has 174 valence electrons. The number of carbonyl (C=O) groups excluding carboxylic acids is 2. The Morgan fingerprint density at radius 3 is 2.18 bits per heavy atom. The first-order valence-electron chi connectivity index (χ1n) is 9.83. The van der Waals surface area contributed by atoms with Gasteiger partial charge in [-0.05, 0) is 36.2 Å². The monoisotopic (exact) mass is 462 g/mol. The number of nitrogens with one attached hydrogen (secondary N) is 2. The molecule has 9 nitrogen and oxygen atoms in total. The number of rotatable bonds is 7. The van der Waals surface area contributed by atoms with Crippen molar-refractivity contribution in [3.63, 3.8) is 0 Å². The van der Waals surface area contributed by atoms with Crippen LogP contribution in [0.15, 0.2) is 42.6 Å². The highest BCUT2D eigenvalue weighted by Crippen LogP contribution is 2.33. The van der Waals surface area contributed by atoms with E-state index in [1.807, 2.05) is 13.8 Å². The van der Waals surface area contributed by atoms with Crippen molar-refractivity contribution in [2.75, 3.05) is 17.7 Å². The van der Waals surface area contributed by atoms with Gasteiger partial charge in [0.25, 0.3) is 5.91 Å². The fraction of sp³-hybridized carbons (Fsp3) is 0.286. The van der Waals surface area contributed by atoms with Crippen LogP contribution < -0.4 is 15.4 Å². The molecule has 1 aromatic carbocycles. The maximum atomic E-state index is 13.8. The van der Waals surface area contributed by atoms with Gasteiger partial charge in [0.05, 0.1) is 18.9 Å². The molecule has 2 heterocycles. The minimum absolute atomic E-state index is 0.112. The molecule has 33 heavy (non-hydrogen) atoms. The summed E-state index contributed by atoms with van der Waals surface area (Å²) in [5.41, 5.74) is -1.24. The van der Waals surface area contributed by atoms with Crippen LogP contribution in [0.2, 0.25) is 0 Å². The summed E-state index contributed by atoms with van der Waals surface area (Å²) in [6, 6.07) is 8.57.